The number of carbonyl (C=O) groups is 2. The Balaban J connectivity index is 1.07. The van der Waals surface area contributed by atoms with Crippen molar-refractivity contribution in [3.05, 3.63) is 100 Å². The van der Waals surface area contributed by atoms with Crippen LogP contribution in [0.4, 0.5) is 16.0 Å². The highest BCUT2D eigenvalue weighted by molar-refractivity contribution is 7.22. The number of Topliss-reactive ketones (excluding diaryl/α,β-unsaturated/α-hetero) is 1. The van der Waals surface area contributed by atoms with E-state index >= 15 is 0 Å². The molecule has 1 saturated heterocycles. The molecule has 10 heteroatoms. The molecule has 0 atom stereocenters. The second kappa shape index (κ2) is 11.9. The van der Waals surface area contributed by atoms with Gasteiger partial charge in [-0.05, 0) is 47.9 Å². The smallest absolute Gasteiger partial charge is 0.257 e. The number of hydrogen-bond acceptors (Lipinski definition) is 9. The fourth-order valence-corrected chi connectivity index (χ4v) is 7.95. The maximum Gasteiger partial charge on any atom is 0.257 e. The summed E-state index contributed by atoms with van der Waals surface area (Å²) in [5, 5.41) is 4.46. The van der Waals surface area contributed by atoms with Gasteiger partial charge in [0.25, 0.3) is 5.91 Å². The van der Waals surface area contributed by atoms with Crippen LogP contribution in [0, 0.1) is 0 Å². The Bertz CT molecular complexity index is 1760. The Morgan fingerprint density at radius 2 is 1.63 bits per heavy atom. The molecule has 0 radical (unpaired) electrons. The second-order valence-corrected chi connectivity index (χ2v) is 13.1. The van der Waals surface area contributed by atoms with E-state index in [9.17, 15) is 9.59 Å². The number of carbonyl (C=O) groups excluding carboxylic acids is 2. The number of benzene rings is 3. The van der Waals surface area contributed by atoms with Crippen LogP contribution in [0.15, 0.2) is 72.8 Å². The number of aromatic nitrogens is 2. The molecule has 43 heavy (non-hydrogen) atoms. The lowest BCUT2D eigenvalue weighted by molar-refractivity contribution is 0.100. The number of anilines is 3. The molecular weight excluding hydrogens is 577 g/mol. The van der Waals surface area contributed by atoms with Gasteiger partial charge >= 0.3 is 0 Å². The third-order valence-corrected chi connectivity index (χ3v) is 10.2. The quantitative estimate of drug-likeness (QED) is 0.224. The predicted molar refractivity (Wildman–Crippen MR) is 175 cm³/mol. The topological polar surface area (TPSA) is 81.7 Å². The minimum Gasteiger partial charge on any atom is -0.369 e. The third-order valence-electron chi connectivity index (χ3n) is 8.18. The fourth-order valence-electron chi connectivity index (χ4n) is 5.91. The zero-order valence-electron chi connectivity index (χ0n) is 24.0. The standard InChI is InChI=1S/C33H32N6O2S2/c1-22(40)30-29(21-37-16-18-38(19-17-37)24-9-3-2-4-10-24)43-33(35-30)39-15-14-23-8-7-11-25(26(23)20-39)31(41)36-32-34-27-12-5-6-13-28(27)42-32/h2-13H,14-21H2,1H3,(H,34,36,41). The van der Waals surface area contributed by atoms with Crippen LogP contribution >= 0.6 is 22.7 Å². The van der Waals surface area contributed by atoms with Crippen LogP contribution in [0.2, 0.25) is 0 Å². The molecule has 7 rings (SSSR count). The molecule has 2 aliphatic rings. The molecule has 5 aromatic rings. The van der Waals surface area contributed by atoms with Gasteiger partial charge in [-0.25, -0.2) is 9.97 Å². The van der Waals surface area contributed by atoms with Gasteiger partial charge in [-0.2, -0.15) is 0 Å². The molecule has 2 aliphatic heterocycles. The van der Waals surface area contributed by atoms with Gasteiger partial charge in [0.05, 0.1) is 15.1 Å². The van der Waals surface area contributed by atoms with Crippen LogP contribution in [-0.4, -0.2) is 59.3 Å². The average Bonchev–Trinajstić information content (AvgIpc) is 3.65. The first-order chi connectivity index (χ1) is 21.0. The van der Waals surface area contributed by atoms with Crippen molar-refractivity contribution in [2.45, 2.75) is 26.4 Å². The van der Waals surface area contributed by atoms with E-state index in [0.717, 1.165) is 71.5 Å². The predicted octanol–water partition coefficient (Wildman–Crippen LogP) is 6.09. The highest BCUT2D eigenvalue weighted by atomic mass is 32.1. The minimum atomic E-state index is -0.156. The van der Waals surface area contributed by atoms with Crippen molar-refractivity contribution in [1.29, 1.82) is 0 Å². The number of thiazole rings is 2. The summed E-state index contributed by atoms with van der Waals surface area (Å²) >= 11 is 3.08. The second-order valence-electron chi connectivity index (χ2n) is 11.0. The van der Waals surface area contributed by atoms with Gasteiger partial charge in [0, 0.05) is 64.0 Å². The normalized spacial score (nSPS) is 15.5. The number of amides is 1. The van der Waals surface area contributed by atoms with Crippen molar-refractivity contribution in [1.82, 2.24) is 14.9 Å². The van der Waals surface area contributed by atoms with Gasteiger partial charge in [-0.3, -0.25) is 19.8 Å². The van der Waals surface area contributed by atoms with E-state index in [1.165, 1.54) is 22.6 Å². The van der Waals surface area contributed by atoms with Gasteiger partial charge in [0.2, 0.25) is 0 Å². The third kappa shape index (κ3) is 5.78. The summed E-state index contributed by atoms with van der Waals surface area (Å²) in [5.74, 6) is -0.162. The summed E-state index contributed by atoms with van der Waals surface area (Å²) < 4.78 is 1.04. The maximum atomic E-state index is 13.5. The Hall–Kier alpha value is -4.12. The molecule has 0 aliphatic carbocycles. The van der Waals surface area contributed by atoms with Crippen LogP contribution < -0.4 is 15.1 Å². The summed E-state index contributed by atoms with van der Waals surface area (Å²) in [6, 6.07) is 24.3. The molecule has 1 fully saturated rings. The van der Waals surface area contributed by atoms with Crippen molar-refractivity contribution in [3.8, 4) is 0 Å². The van der Waals surface area contributed by atoms with E-state index < -0.39 is 0 Å². The number of piperazine rings is 1. The summed E-state index contributed by atoms with van der Waals surface area (Å²) in [4.78, 5) is 43.6. The number of ketones is 1. The molecule has 1 amide bonds. The fraction of sp³-hybridized carbons (Fsp3) is 0.273. The van der Waals surface area contributed by atoms with E-state index in [2.05, 4.69) is 55.3 Å². The first-order valence-corrected chi connectivity index (χ1v) is 16.2. The molecule has 0 spiro atoms. The molecule has 2 aromatic heterocycles. The molecular formula is C33H32N6O2S2. The Morgan fingerprint density at radius 1 is 0.837 bits per heavy atom. The molecule has 0 saturated carbocycles. The Labute approximate surface area is 258 Å². The van der Waals surface area contributed by atoms with E-state index in [4.69, 9.17) is 4.98 Å². The lowest BCUT2D eigenvalue weighted by Gasteiger charge is -2.36. The van der Waals surface area contributed by atoms with E-state index in [1.54, 1.807) is 18.3 Å². The van der Waals surface area contributed by atoms with Gasteiger partial charge in [-0.15, -0.1) is 0 Å². The number of fused-ring (bicyclic) bond motifs is 2. The number of nitrogens with one attached hydrogen (secondary N) is 1. The minimum absolute atomic E-state index is 0.00580. The maximum absolute atomic E-state index is 13.5. The zero-order chi connectivity index (χ0) is 29.3. The highest BCUT2D eigenvalue weighted by Crippen LogP contribution is 2.34. The lowest BCUT2D eigenvalue weighted by Crippen LogP contribution is -2.46. The number of nitrogens with zero attached hydrogens (tertiary/aromatic N) is 5. The summed E-state index contributed by atoms with van der Waals surface area (Å²) in [5.41, 5.74) is 5.53. The lowest BCUT2D eigenvalue weighted by atomic mass is 9.94. The van der Waals surface area contributed by atoms with Crippen LogP contribution in [-0.2, 0) is 19.5 Å². The van der Waals surface area contributed by atoms with Crippen molar-refractivity contribution < 1.29 is 9.59 Å². The average molecular weight is 609 g/mol. The van der Waals surface area contributed by atoms with Crippen LogP contribution in [0.5, 0.6) is 0 Å². The van der Waals surface area contributed by atoms with Crippen molar-refractivity contribution >= 4 is 60.5 Å². The van der Waals surface area contributed by atoms with Gasteiger partial charge in [-0.1, -0.05) is 65.1 Å². The molecule has 8 nitrogen and oxygen atoms in total. The van der Waals surface area contributed by atoms with Gasteiger partial charge in [0.1, 0.15) is 5.69 Å². The number of hydrogen-bond donors (Lipinski definition) is 1. The Kier molecular flexibility index (Phi) is 7.65. The van der Waals surface area contributed by atoms with Crippen LogP contribution in [0.1, 0.15) is 43.8 Å². The molecule has 218 valence electrons. The first-order valence-electron chi connectivity index (χ1n) is 14.6. The van der Waals surface area contributed by atoms with E-state index in [-0.39, 0.29) is 11.7 Å². The van der Waals surface area contributed by atoms with Crippen LogP contribution in [0.25, 0.3) is 10.2 Å². The first kappa shape index (κ1) is 27.7. The Morgan fingerprint density at radius 3 is 2.42 bits per heavy atom. The number of para-hydroxylation sites is 2. The van der Waals surface area contributed by atoms with Crippen molar-refractivity contribution in [3.63, 3.8) is 0 Å². The zero-order valence-corrected chi connectivity index (χ0v) is 25.6. The largest absolute Gasteiger partial charge is 0.369 e. The van der Waals surface area contributed by atoms with E-state index in [0.29, 0.717) is 22.9 Å². The van der Waals surface area contributed by atoms with Gasteiger partial charge in [0.15, 0.2) is 16.0 Å². The SMILES string of the molecule is CC(=O)c1nc(N2CCc3cccc(C(=O)Nc4nc5ccccc5s4)c3C2)sc1CN1CCN(c2ccccc2)CC1. The molecule has 0 unspecified atom stereocenters. The van der Waals surface area contributed by atoms with Crippen molar-refractivity contribution in [2.75, 3.05) is 47.8 Å². The molecule has 1 N–H and O–H groups in total. The highest BCUT2D eigenvalue weighted by Gasteiger charge is 2.27. The summed E-state index contributed by atoms with van der Waals surface area (Å²) in [6.07, 6.45) is 0.809. The molecule has 4 heterocycles. The monoisotopic (exact) mass is 608 g/mol. The van der Waals surface area contributed by atoms with Crippen molar-refractivity contribution in [2.24, 2.45) is 0 Å². The molecule has 0 bridgehead atoms. The van der Waals surface area contributed by atoms with E-state index in [1.807, 2.05) is 42.5 Å². The summed E-state index contributed by atoms with van der Waals surface area (Å²) in [7, 11) is 0. The molecule has 3 aromatic carbocycles. The van der Waals surface area contributed by atoms with Crippen LogP contribution in [0.3, 0.4) is 0 Å². The number of rotatable bonds is 7. The van der Waals surface area contributed by atoms with Gasteiger partial charge < -0.3 is 9.80 Å². The summed E-state index contributed by atoms with van der Waals surface area (Å²) in [6.45, 7) is 7.45.